The van der Waals surface area contributed by atoms with Gasteiger partial charge in [-0.15, -0.1) is 22.7 Å². The molecule has 0 saturated heterocycles. The summed E-state index contributed by atoms with van der Waals surface area (Å²) in [5, 5.41) is 5.03. The van der Waals surface area contributed by atoms with Crippen LogP contribution >= 0.6 is 38.6 Å². The lowest BCUT2D eigenvalue weighted by Gasteiger charge is -2.08. The molecule has 2 aromatic heterocycles. The van der Waals surface area contributed by atoms with Crippen molar-refractivity contribution in [2.24, 2.45) is 0 Å². The van der Waals surface area contributed by atoms with E-state index in [0.29, 0.717) is 6.54 Å². The van der Waals surface area contributed by atoms with Crippen LogP contribution in [0.4, 0.5) is 0 Å². The minimum atomic E-state index is 0.0592. The smallest absolute Gasteiger partial charge is 0.261 e. The number of hydrogen-bond donors (Lipinski definition) is 1. The largest absolute Gasteiger partial charge is 0.346 e. The second-order valence-corrected chi connectivity index (χ2v) is 7.73. The van der Waals surface area contributed by atoms with Crippen LogP contribution < -0.4 is 5.32 Å². The van der Waals surface area contributed by atoms with Crippen LogP contribution in [0.2, 0.25) is 0 Å². The molecule has 0 unspecified atom stereocenters. The van der Waals surface area contributed by atoms with Crippen LogP contribution in [0.15, 0.2) is 22.0 Å². The summed E-state index contributed by atoms with van der Waals surface area (Å²) in [5.41, 5.74) is 1.39. The van der Waals surface area contributed by atoms with Crippen LogP contribution in [0.1, 0.15) is 37.8 Å². The Hall–Kier alpha value is -0.650. The third kappa shape index (κ3) is 3.09. The molecule has 0 saturated carbocycles. The van der Waals surface area contributed by atoms with Crippen LogP contribution in [0.3, 0.4) is 0 Å². The summed E-state index contributed by atoms with van der Waals surface area (Å²) in [6.45, 7) is 0.609. The topological polar surface area (TPSA) is 29.1 Å². The Labute approximate surface area is 129 Å². The highest BCUT2D eigenvalue weighted by Crippen LogP contribution is 2.29. The summed E-state index contributed by atoms with van der Waals surface area (Å²) >= 11 is 6.74. The van der Waals surface area contributed by atoms with Gasteiger partial charge in [0.05, 0.1) is 11.4 Å². The molecule has 2 aromatic rings. The highest BCUT2D eigenvalue weighted by atomic mass is 79.9. The van der Waals surface area contributed by atoms with Crippen molar-refractivity contribution in [1.29, 1.82) is 0 Å². The lowest BCUT2D eigenvalue weighted by atomic mass is 9.99. The van der Waals surface area contributed by atoms with Gasteiger partial charge in [-0.25, -0.2) is 0 Å². The van der Waals surface area contributed by atoms with E-state index in [1.54, 1.807) is 22.7 Å². The van der Waals surface area contributed by atoms with Gasteiger partial charge in [0.15, 0.2) is 0 Å². The summed E-state index contributed by atoms with van der Waals surface area (Å²) in [7, 11) is 0. The number of aryl methyl sites for hydroxylation is 2. The number of fused-ring (bicyclic) bond motifs is 1. The summed E-state index contributed by atoms with van der Waals surface area (Å²) in [6, 6.07) is 4.13. The highest BCUT2D eigenvalue weighted by Gasteiger charge is 2.17. The fourth-order valence-corrected chi connectivity index (χ4v) is 4.86. The standard InChI is InChI=1S/C14H14BrNOS2/c15-10-6-11(18-8-10)7-16-14(17)13-5-9-3-1-2-4-12(9)19-13/h5-6,8H,1-4,7H2,(H,16,17). The predicted molar refractivity (Wildman–Crippen MR) is 84.2 cm³/mol. The van der Waals surface area contributed by atoms with E-state index in [1.807, 2.05) is 11.4 Å². The van der Waals surface area contributed by atoms with Crippen LogP contribution in [0, 0.1) is 0 Å². The zero-order valence-corrected chi connectivity index (χ0v) is 13.6. The number of rotatable bonds is 3. The van der Waals surface area contributed by atoms with Gasteiger partial charge in [0.1, 0.15) is 0 Å². The zero-order valence-electron chi connectivity index (χ0n) is 10.4. The Kier molecular flexibility index (Phi) is 4.05. The number of carbonyl (C=O) groups is 1. The van der Waals surface area contributed by atoms with E-state index < -0.39 is 0 Å². The number of amides is 1. The van der Waals surface area contributed by atoms with Crippen LogP contribution in [0.25, 0.3) is 0 Å². The third-order valence-electron chi connectivity index (χ3n) is 3.27. The molecule has 0 bridgehead atoms. The summed E-state index contributed by atoms with van der Waals surface area (Å²) in [5.74, 6) is 0.0592. The number of hydrogen-bond acceptors (Lipinski definition) is 3. The molecule has 0 spiro atoms. The van der Waals surface area contributed by atoms with Crippen molar-refractivity contribution in [2.75, 3.05) is 0 Å². The molecular formula is C14H14BrNOS2. The van der Waals surface area contributed by atoms with Gasteiger partial charge in [0.2, 0.25) is 0 Å². The number of carbonyl (C=O) groups excluding carboxylic acids is 1. The van der Waals surface area contributed by atoms with E-state index in [2.05, 4.69) is 27.3 Å². The average Bonchev–Trinajstić information content (AvgIpc) is 3.01. The first kappa shape index (κ1) is 13.3. The molecule has 5 heteroatoms. The van der Waals surface area contributed by atoms with Crippen LogP contribution in [-0.4, -0.2) is 5.91 Å². The number of nitrogens with one attached hydrogen (secondary N) is 1. The van der Waals surface area contributed by atoms with E-state index in [9.17, 15) is 4.79 Å². The first-order chi connectivity index (χ1) is 9.22. The van der Waals surface area contributed by atoms with E-state index >= 15 is 0 Å². The van der Waals surface area contributed by atoms with Gasteiger partial charge >= 0.3 is 0 Å². The highest BCUT2D eigenvalue weighted by molar-refractivity contribution is 9.10. The predicted octanol–water partition coefficient (Wildman–Crippen LogP) is 4.38. The first-order valence-electron chi connectivity index (χ1n) is 6.35. The van der Waals surface area contributed by atoms with Gasteiger partial charge in [-0.05, 0) is 59.3 Å². The first-order valence-corrected chi connectivity index (χ1v) is 8.84. The molecule has 1 aliphatic carbocycles. The van der Waals surface area contributed by atoms with Crippen molar-refractivity contribution in [3.63, 3.8) is 0 Å². The van der Waals surface area contributed by atoms with Crippen molar-refractivity contribution < 1.29 is 4.79 Å². The van der Waals surface area contributed by atoms with E-state index in [1.165, 1.54) is 28.2 Å². The normalized spacial score (nSPS) is 14.2. The van der Waals surface area contributed by atoms with Gasteiger partial charge in [-0.2, -0.15) is 0 Å². The Morgan fingerprint density at radius 3 is 2.89 bits per heavy atom. The lowest BCUT2D eigenvalue weighted by Crippen LogP contribution is -2.21. The number of halogens is 1. The molecule has 19 heavy (non-hydrogen) atoms. The van der Waals surface area contributed by atoms with Gasteiger partial charge in [0.25, 0.3) is 5.91 Å². The second-order valence-electron chi connectivity index (χ2n) is 4.68. The van der Waals surface area contributed by atoms with Gasteiger partial charge in [-0.3, -0.25) is 4.79 Å². The second kappa shape index (κ2) is 5.77. The monoisotopic (exact) mass is 355 g/mol. The molecule has 2 nitrogen and oxygen atoms in total. The summed E-state index contributed by atoms with van der Waals surface area (Å²) in [4.78, 5) is 15.6. The van der Waals surface area contributed by atoms with Crippen LogP contribution in [0.5, 0.6) is 0 Å². The molecule has 0 atom stereocenters. The Morgan fingerprint density at radius 2 is 2.16 bits per heavy atom. The molecule has 2 heterocycles. The summed E-state index contributed by atoms with van der Waals surface area (Å²) < 4.78 is 1.08. The van der Waals surface area contributed by atoms with Gasteiger partial charge in [-0.1, -0.05) is 0 Å². The van der Waals surface area contributed by atoms with Crippen molar-refractivity contribution in [3.05, 3.63) is 42.2 Å². The maximum atomic E-state index is 12.1. The molecule has 0 fully saturated rings. The van der Waals surface area contributed by atoms with Crippen molar-refractivity contribution >= 4 is 44.5 Å². The molecular weight excluding hydrogens is 342 g/mol. The van der Waals surface area contributed by atoms with Crippen LogP contribution in [-0.2, 0) is 19.4 Å². The fourth-order valence-electron chi connectivity index (χ4n) is 2.30. The van der Waals surface area contributed by atoms with Gasteiger partial charge in [0, 0.05) is 19.6 Å². The quantitative estimate of drug-likeness (QED) is 0.869. The van der Waals surface area contributed by atoms with E-state index in [0.717, 1.165) is 22.2 Å². The maximum Gasteiger partial charge on any atom is 0.261 e. The Balaban J connectivity index is 1.65. The van der Waals surface area contributed by atoms with Crippen molar-refractivity contribution in [3.8, 4) is 0 Å². The number of thiophene rings is 2. The molecule has 1 aliphatic rings. The minimum Gasteiger partial charge on any atom is -0.346 e. The molecule has 0 aliphatic heterocycles. The lowest BCUT2D eigenvalue weighted by molar-refractivity contribution is 0.0955. The van der Waals surface area contributed by atoms with E-state index in [-0.39, 0.29) is 5.91 Å². The van der Waals surface area contributed by atoms with Gasteiger partial charge < -0.3 is 5.32 Å². The molecule has 100 valence electrons. The minimum absolute atomic E-state index is 0.0592. The maximum absolute atomic E-state index is 12.1. The molecule has 3 rings (SSSR count). The van der Waals surface area contributed by atoms with E-state index in [4.69, 9.17) is 0 Å². The molecule has 0 aromatic carbocycles. The zero-order chi connectivity index (χ0) is 13.2. The molecule has 1 N–H and O–H groups in total. The van der Waals surface area contributed by atoms with Crippen molar-refractivity contribution in [1.82, 2.24) is 5.32 Å². The Morgan fingerprint density at radius 1 is 1.32 bits per heavy atom. The molecule has 0 radical (unpaired) electrons. The molecule has 1 amide bonds. The SMILES string of the molecule is O=C(NCc1cc(Br)cs1)c1cc2c(s1)CCCC2. The Bertz CT molecular complexity index is 579. The average molecular weight is 356 g/mol. The fraction of sp³-hybridized carbons (Fsp3) is 0.357. The third-order valence-corrected chi connectivity index (χ3v) is 6.20. The van der Waals surface area contributed by atoms with Crippen molar-refractivity contribution in [2.45, 2.75) is 32.2 Å². The summed E-state index contributed by atoms with van der Waals surface area (Å²) in [6.07, 6.45) is 4.80.